The lowest BCUT2D eigenvalue weighted by Crippen LogP contribution is -2.53. The summed E-state index contributed by atoms with van der Waals surface area (Å²) >= 11 is 0. The van der Waals surface area contributed by atoms with Crippen LogP contribution >= 0.6 is 0 Å². The highest BCUT2D eigenvalue weighted by molar-refractivity contribution is 5.80. The summed E-state index contributed by atoms with van der Waals surface area (Å²) in [5, 5.41) is 3.43. The molecule has 1 amide bonds. The molecule has 1 aromatic rings. The molecule has 0 saturated carbocycles. The molecule has 0 aromatic heterocycles. The van der Waals surface area contributed by atoms with Gasteiger partial charge in [-0.1, -0.05) is 44.2 Å². The first-order chi connectivity index (χ1) is 13.1. The molecule has 2 rings (SSSR count). The summed E-state index contributed by atoms with van der Waals surface area (Å²) in [6.45, 7) is 14.9. The molecular weight excluding hydrogens is 338 g/mol. The number of aliphatic imine (C=N–C) groups is 1. The zero-order valence-corrected chi connectivity index (χ0v) is 17.3. The lowest BCUT2D eigenvalue weighted by molar-refractivity contribution is -0.130. The van der Waals surface area contributed by atoms with Crippen molar-refractivity contribution >= 4 is 11.9 Å². The number of nitrogens with one attached hydrogen (secondary N) is 1. The Hall–Kier alpha value is -2.08. The second kappa shape index (κ2) is 10.9. The van der Waals surface area contributed by atoms with Crippen molar-refractivity contribution in [3.63, 3.8) is 0 Å². The van der Waals surface area contributed by atoms with Gasteiger partial charge in [-0.05, 0) is 25.6 Å². The second-order valence-electron chi connectivity index (χ2n) is 6.84. The molecule has 150 valence electrons. The average molecular weight is 374 g/mol. The number of piperazine rings is 1. The third-order valence-corrected chi connectivity index (χ3v) is 5.21. The summed E-state index contributed by atoms with van der Waals surface area (Å²) in [5.41, 5.74) is 1.31. The molecule has 1 unspecified atom stereocenters. The summed E-state index contributed by atoms with van der Waals surface area (Å²) in [5.74, 6) is 1.11. The van der Waals surface area contributed by atoms with Crippen LogP contribution in [0, 0.1) is 0 Å². The SMILES string of the molecule is CCNC(=NCC(c1ccccc1)N(CC)CC)N1CCN(C(C)=O)CC1. The molecule has 0 spiro atoms. The van der Waals surface area contributed by atoms with Gasteiger partial charge in [0, 0.05) is 39.6 Å². The van der Waals surface area contributed by atoms with Crippen LogP contribution < -0.4 is 5.32 Å². The Morgan fingerprint density at radius 3 is 2.19 bits per heavy atom. The number of rotatable bonds is 7. The first kappa shape index (κ1) is 21.2. The predicted octanol–water partition coefficient (Wildman–Crippen LogP) is 2.20. The van der Waals surface area contributed by atoms with Crippen molar-refractivity contribution in [2.75, 3.05) is 52.4 Å². The molecule has 1 fully saturated rings. The predicted molar refractivity (Wildman–Crippen MR) is 112 cm³/mol. The second-order valence-corrected chi connectivity index (χ2v) is 6.84. The van der Waals surface area contributed by atoms with E-state index in [1.54, 1.807) is 6.92 Å². The number of nitrogens with zero attached hydrogens (tertiary/aromatic N) is 4. The summed E-state index contributed by atoms with van der Waals surface area (Å²) in [6.07, 6.45) is 0. The molecule has 1 aliphatic rings. The molecule has 1 heterocycles. The van der Waals surface area contributed by atoms with Crippen molar-refractivity contribution in [3.8, 4) is 0 Å². The monoisotopic (exact) mass is 373 g/mol. The number of carbonyl (C=O) groups is 1. The zero-order valence-electron chi connectivity index (χ0n) is 17.3. The lowest BCUT2D eigenvalue weighted by atomic mass is 10.1. The van der Waals surface area contributed by atoms with E-state index in [1.165, 1.54) is 5.56 Å². The van der Waals surface area contributed by atoms with Crippen LogP contribution in [0.4, 0.5) is 0 Å². The first-order valence-electron chi connectivity index (χ1n) is 10.2. The third-order valence-electron chi connectivity index (χ3n) is 5.21. The van der Waals surface area contributed by atoms with Crippen LogP contribution in [0.3, 0.4) is 0 Å². The maximum atomic E-state index is 11.6. The van der Waals surface area contributed by atoms with E-state index in [9.17, 15) is 4.79 Å². The number of guanidine groups is 1. The summed E-state index contributed by atoms with van der Waals surface area (Å²) in [6, 6.07) is 10.9. The highest BCUT2D eigenvalue weighted by Crippen LogP contribution is 2.21. The smallest absolute Gasteiger partial charge is 0.219 e. The Labute approximate surface area is 164 Å². The highest BCUT2D eigenvalue weighted by Gasteiger charge is 2.22. The Morgan fingerprint density at radius 1 is 1.07 bits per heavy atom. The number of amides is 1. The average Bonchev–Trinajstić information content (AvgIpc) is 2.71. The standard InChI is InChI=1S/C21H35N5O/c1-5-22-21(26-15-13-25(14-16-26)18(4)27)23-17-20(24(6-2)7-3)19-11-9-8-10-12-19/h8-12,20H,5-7,13-17H2,1-4H3,(H,22,23). The van der Waals surface area contributed by atoms with Gasteiger partial charge in [-0.15, -0.1) is 0 Å². The van der Waals surface area contributed by atoms with Gasteiger partial charge >= 0.3 is 0 Å². The van der Waals surface area contributed by atoms with Crippen molar-refractivity contribution in [1.29, 1.82) is 0 Å². The van der Waals surface area contributed by atoms with E-state index in [4.69, 9.17) is 4.99 Å². The fourth-order valence-corrected chi connectivity index (χ4v) is 3.60. The lowest BCUT2D eigenvalue weighted by Gasteiger charge is -2.36. The fraction of sp³-hybridized carbons (Fsp3) is 0.619. The van der Waals surface area contributed by atoms with Gasteiger partial charge in [-0.3, -0.25) is 14.7 Å². The summed E-state index contributed by atoms with van der Waals surface area (Å²) in [7, 11) is 0. The number of hydrogen-bond donors (Lipinski definition) is 1. The van der Waals surface area contributed by atoms with Gasteiger partial charge in [0.15, 0.2) is 5.96 Å². The van der Waals surface area contributed by atoms with E-state index in [2.05, 4.69) is 66.2 Å². The normalized spacial score (nSPS) is 16.6. The van der Waals surface area contributed by atoms with Crippen LogP contribution in [0.5, 0.6) is 0 Å². The molecule has 27 heavy (non-hydrogen) atoms. The van der Waals surface area contributed by atoms with Gasteiger partial charge in [0.25, 0.3) is 0 Å². The Bertz CT molecular complexity index is 592. The molecule has 6 heteroatoms. The summed E-state index contributed by atoms with van der Waals surface area (Å²) < 4.78 is 0. The largest absolute Gasteiger partial charge is 0.357 e. The van der Waals surface area contributed by atoms with E-state index in [0.717, 1.165) is 58.3 Å². The minimum absolute atomic E-state index is 0.155. The molecular formula is C21H35N5O. The van der Waals surface area contributed by atoms with Crippen LogP contribution in [-0.2, 0) is 4.79 Å². The third kappa shape index (κ3) is 5.96. The molecule has 1 atom stereocenters. The van der Waals surface area contributed by atoms with Gasteiger partial charge in [-0.2, -0.15) is 0 Å². The van der Waals surface area contributed by atoms with Gasteiger partial charge in [-0.25, -0.2) is 0 Å². The molecule has 1 saturated heterocycles. The molecule has 1 N–H and O–H groups in total. The maximum Gasteiger partial charge on any atom is 0.219 e. The maximum absolute atomic E-state index is 11.6. The number of likely N-dealkylation sites (N-methyl/N-ethyl adjacent to an activating group) is 1. The fourth-order valence-electron chi connectivity index (χ4n) is 3.60. The van der Waals surface area contributed by atoms with Gasteiger partial charge in [0.05, 0.1) is 12.6 Å². The number of benzene rings is 1. The quantitative estimate of drug-likeness (QED) is 0.588. The van der Waals surface area contributed by atoms with E-state index >= 15 is 0 Å². The van der Waals surface area contributed by atoms with E-state index < -0.39 is 0 Å². The van der Waals surface area contributed by atoms with Crippen LogP contribution in [0.1, 0.15) is 39.3 Å². The molecule has 0 radical (unpaired) electrons. The van der Waals surface area contributed by atoms with Crippen LogP contribution in [0.2, 0.25) is 0 Å². The molecule has 6 nitrogen and oxygen atoms in total. The molecule has 0 aliphatic carbocycles. The summed E-state index contributed by atoms with van der Waals surface area (Å²) in [4.78, 5) is 23.2. The van der Waals surface area contributed by atoms with Crippen molar-refractivity contribution < 1.29 is 4.79 Å². The topological polar surface area (TPSA) is 51.2 Å². The van der Waals surface area contributed by atoms with Crippen molar-refractivity contribution in [1.82, 2.24) is 20.0 Å². The van der Waals surface area contributed by atoms with Crippen molar-refractivity contribution in [2.45, 2.75) is 33.7 Å². The van der Waals surface area contributed by atoms with Crippen LogP contribution in [0.25, 0.3) is 0 Å². The van der Waals surface area contributed by atoms with Gasteiger partial charge in [0.2, 0.25) is 5.91 Å². The Balaban J connectivity index is 2.13. The van der Waals surface area contributed by atoms with Crippen LogP contribution in [0.15, 0.2) is 35.3 Å². The van der Waals surface area contributed by atoms with Crippen LogP contribution in [-0.4, -0.2) is 78.9 Å². The Kier molecular flexibility index (Phi) is 8.58. The molecule has 1 aromatic carbocycles. The molecule has 1 aliphatic heterocycles. The van der Waals surface area contributed by atoms with Gasteiger partial charge < -0.3 is 15.1 Å². The highest BCUT2D eigenvalue weighted by atomic mass is 16.2. The number of hydrogen-bond acceptors (Lipinski definition) is 3. The number of carbonyl (C=O) groups excluding carboxylic acids is 1. The first-order valence-corrected chi connectivity index (χ1v) is 10.2. The minimum atomic E-state index is 0.155. The van der Waals surface area contributed by atoms with E-state index in [0.29, 0.717) is 0 Å². The minimum Gasteiger partial charge on any atom is -0.357 e. The van der Waals surface area contributed by atoms with E-state index in [1.807, 2.05) is 4.90 Å². The molecule has 0 bridgehead atoms. The van der Waals surface area contributed by atoms with Crippen molar-refractivity contribution in [3.05, 3.63) is 35.9 Å². The Morgan fingerprint density at radius 2 is 1.67 bits per heavy atom. The van der Waals surface area contributed by atoms with Gasteiger partial charge in [0.1, 0.15) is 0 Å². The van der Waals surface area contributed by atoms with E-state index in [-0.39, 0.29) is 11.9 Å². The van der Waals surface area contributed by atoms with Crippen molar-refractivity contribution in [2.24, 2.45) is 4.99 Å². The zero-order chi connectivity index (χ0) is 19.6.